The first-order chi connectivity index (χ1) is 19.8. The summed E-state index contributed by atoms with van der Waals surface area (Å²) in [6.07, 6.45) is 0.834. The number of ether oxygens (including phenoxy) is 3. The van der Waals surface area contributed by atoms with E-state index >= 15 is 0 Å². The number of aryl methyl sites for hydroxylation is 2. The molecule has 212 valence electrons. The maximum Gasteiger partial charge on any atom is 0.338 e. The number of hydrogen-bond acceptors (Lipinski definition) is 7. The van der Waals surface area contributed by atoms with E-state index in [1.54, 1.807) is 43.3 Å². The van der Waals surface area contributed by atoms with Gasteiger partial charge in [-0.05, 0) is 99.3 Å². The fourth-order valence-corrected chi connectivity index (χ4v) is 5.08. The van der Waals surface area contributed by atoms with Crippen LogP contribution in [0.15, 0.2) is 63.8 Å². The third-order valence-electron chi connectivity index (χ3n) is 7.19. The number of hydrogen-bond donors (Lipinski definition) is 0. The van der Waals surface area contributed by atoms with E-state index in [0.29, 0.717) is 52.5 Å². The second-order valence-electron chi connectivity index (χ2n) is 9.94. The van der Waals surface area contributed by atoms with Crippen molar-refractivity contribution in [3.8, 4) is 11.5 Å². The molecular weight excluding hydrogens is 522 g/mol. The molecule has 0 radical (unpaired) electrons. The third kappa shape index (κ3) is 5.06. The fraction of sp³-hybridized carbons (Fsp3) is 0.303. The summed E-state index contributed by atoms with van der Waals surface area (Å²) in [5.74, 6) is 0.201. The van der Waals surface area contributed by atoms with E-state index in [1.165, 1.54) is 4.90 Å². The smallest absolute Gasteiger partial charge is 0.338 e. The predicted molar refractivity (Wildman–Crippen MR) is 156 cm³/mol. The van der Waals surface area contributed by atoms with E-state index in [-0.39, 0.29) is 23.4 Å². The second-order valence-corrected chi connectivity index (χ2v) is 9.94. The summed E-state index contributed by atoms with van der Waals surface area (Å²) < 4.78 is 23.1. The van der Waals surface area contributed by atoms with Gasteiger partial charge in [0.05, 0.1) is 42.4 Å². The lowest BCUT2D eigenvalue weighted by molar-refractivity contribution is 0.0526. The van der Waals surface area contributed by atoms with E-state index in [0.717, 1.165) is 17.5 Å². The maximum absolute atomic E-state index is 14.1. The van der Waals surface area contributed by atoms with Gasteiger partial charge in [-0.15, -0.1) is 0 Å². The van der Waals surface area contributed by atoms with Gasteiger partial charge in [0, 0.05) is 5.69 Å². The van der Waals surface area contributed by atoms with Gasteiger partial charge in [0.2, 0.25) is 5.76 Å². The molecule has 2 heterocycles. The molecular formula is C33H33NO7. The van der Waals surface area contributed by atoms with Crippen LogP contribution in [0.25, 0.3) is 11.0 Å². The first-order valence-electron chi connectivity index (χ1n) is 13.9. The first kappa shape index (κ1) is 28.0. The van der Waals surface area contributed by atoms with Crippen molar-refractivity contribution in [2.75, 3.05) is 24.7 Å². The van der Waals surface area contributed by atoms with Crippen LogP contribution in [0.4, 0.5) is 5.69 Å². The average Bonchev–Trinajstić information content (AvgIpc) is 3.26. The van der Waals surface area contributed by atoms with Gasteiger partial charge in [0.25, 0.3) is 5.91 Å². The number of fused-ring (bicyclic) bond motifs is 2. The van der Waals surface area contributed by atoms with E-state index in [1.807, 2.05) is 45.9 Å². The van der Waals surface area contributed by atoms with Crippen molar-refractivity contribution in [3.63, 3.8) is 0 Å². The van der Waals surface area contributed by atoms with Crippen molar-refractivity contribution < 1.29 is 28.2 Å². The van der Waals surface area contributed by atoms with Crippen LogP contribution in [-0.2, 0) is 4.74 Å². The third-order valence-corrected chi connectivity index (χ3v) is 7.19. The molecule has 5 rings (SSSR count). The molecule has 1 amide bonds. The van der Waals surface area contributed by atoms with Gasteiger partial charge in [-0.1, -0.05) is 13.0 Å². The molecule has 1 aromatic heterocycles. The summed E-state index contributed by atoms with van der Waals surface area (Å²) in [7, 11) is 0. The molecule has 8 heteroatoms. The van der Waals surface area contributed by atoms with Crippen molar-refractivity contribution in [1.29, 1.82) is 0 Å². The van der Waals surface area contributed by atoms with Crippen LogP contribution in [-0.4, -0.2) is 31.7 Å². The zero-order valence-corrected chi connectivity index (χ0v) is 23.9. The van der Waals surface area contributed by atoms with Crippen LogP contribution < -0.4 is 19.8 Å². The Bertz CT molecular complexity index is 1690. The molecule has 41 heavy (non-hydrogen) atoms. The summed E-state index contributed by atoms with van der Waals surface area (Å²) >= 11 is 0. The molecule has 0 spiro atoms. The minimum absolute atomic E-state index is 0.00510. The molecule has 0 N–H and O–H groups in total. The Morgan fingerprint density at radius 1 is 0.878 bits per heavy atom. The van der Waals surface area contributed by atoms with Crippen LogP contribution in [0.3, 0.4) is 0 Å². The SMILES string of the molecule is CCCOc1ccc(C2c3c(oc4cc(C)c(C)cc4c3=O)C(=O)N2c2ccc(C(=O)OCC)cc2)cc1OCC. The summed E-state index contributed by atoms with van der Waals surface area (Å²) in [4.78, 5) is 41.9. The Hall–Kier alpha value is -4.59. The van der Waals surface area contributed by atoms with Crippen LogP contribution in [0, 0.1) is 13.8 Å². The fourth-order valence-electron chi connectivity index (χ4n) is 5.08. The van der Waals surface area contributed by atoms with Crippen molar-refractivity contribution in [1.82, 2.24) is 0 Å². The van der Waals surface area contributed by atoms with Crippen LogP contribution >= 0.6 is 0 Å². The minimum atomic E-state index is -0.798. The van der Waals surface area contributed by atoms with Gasteiger partial charge in [0.15, 0.2) is 16.9 Å². The van der Waals surface area contributed by atoms with Gasteiger partial charge < -0.3 is 18.6 Å². The molecule has 0 saturated heterocycles. The highest BCUT2D eigenvalue weighted by Gasteiger charge is 2.44. The van der Waals surface area contributed by atoms with Gasteiger partial charge in [-0.25, -0.2) is 4.79 Å². The average molecular weight is 556 g/mol. The van der Waals surface area contributed by atoms with Crippen LogP contribution in [0.1, 0.15) is 76.4 Å². The van der Waals surface area contributed by atoms with Crippen molar-refractivity contribution >= 4 is 28.5 Å². The highest BCUT2D eigenvalue weighted by atomic mass is 16.5. The molecule has 3 aromatic carbocycles. The number of benzene rings is 3. The van der Waals surface area contributed by atoms with Crippen molar-refractivity contribution in [3.05, 3.63) is 98.4 Å². The molecule has 1 unspecified atom stereocenters. The maximum atomic E-state index is 14.1. The highest BCUT2D eigenvalue weighted by molar-refractivity contribution is 6.11. The Morgan fingerprint density at radius 3 is 2.29 bits per heavy atom. The minimum Gasteiger partial charge on any atom is -0.490 e. The molecule has 8 nitrogen and oxygen atoms in total. The summed E-state index contributed by atoms with van der Waals surface area (Å²) in [6.45, 7) is 10.7. The zero-order valence-electron chi connectivity index (χ0n) is 23.9. The van der Waals surface area contributed by atoms with E-state index in [9.17, 15) is 14.4 Å². The quantitative estimate of drug-likeness (QED) is 0.217. The van der Waals surface area contributed by atoms with Gasteiger partial charge in [0.1, 0.15) is 5.58 Å². The number of anilines is 1. The van der Waals surface area contributed by atoms with Crippen LogP contribution in [0.5, 0.6) is 11.5 Å². The first-order valence-corrected chi connectivity index (χ1v) is 13.9. The molecule has 1 aliphatic heterocycles. The predicted octanol–water partition coefficient (Wildman–Crippen LogP) is 6.52. The number of rotatable bonds is 9. The highest BCUT2D eigenvalue weighted by Crippen LogP contribution is 2.43. The molecule has 1 atom stereocenters. The normalized spacial score (nSPS) is 14.3. The van der Waals surface area contributed by atoms with E-state index in [2.05, 4.69) is 0 Å². The Kier molecular flexibility index (Phi) is 7.83. The Labute approximate surface area is 238 Å². The molecule has 4 aromatic rings. The molecule has 0 saturated carbocycles. The van der Waals surface area contributed by atoms with Gasteiger partial charge in [-0.2, -0.15) is 0 Å². The zero-order chi connectivity index (χ0) is 29.3. The summed E-state index contributed by atoms with van der Waals surface area (Å²) in [5, 5.41) is 0.414. The van der Waals surface area contributed by atoms with E-state index in [4.69, 9.17) is 18.6 Å². The number of nitrogens with zero attached hydrogens (tertiary/aromatic N) is 1. The molecule has 0 bridgehead atoms. The number of carbonyl (C=O) groups is 2. The molecule has 1 aliphatic rings. The number of esters is 1. The van der Waals surface area contributed by atoms with E-state index < -0.39 is 17.9 Å². The monoisotopic (exact) mass is 555 g/mol. The standard InChI is InChI=1S/C33H33NO7/c1-6-15-40-25-14-11-22(18-27(25)38-7-2)29-28-30(35)24-16-19(4)20(5)17-26(24)41-31(28)32(36)34(29)23-12-9-21(10-13-23)33(37)39-8-3/h9-14,16-18,29H,6-8,15H2,1-5H3. The van der Waals surface area contributed by atoms with Crippen molar-refractivity contribution in [2.24, 2.45) is 0 Å². The topological polar surface area (TPSA) is 95.3 Å². The van der Waals surface area contributed by atoms with Gasteiger partial charge in [-0.3, -0.25) is 14.5 Å². The summed E-state index contributed by atoms with van der Waals surface area (Å²) in [6, 6.07) is 14.8. The summed E-state index contributed by atoms with van der Waals surface area (Å²) in [5.41, 5.74) is 3.78. The lowest BCUT2D eigenvalue weighted by Crippen LogP contribution is -2.29. The largest absolute Gasteiger partial charge is 0.490 e. The van der Waals surface area contributed by atoms with Crippen molar-refractivity contribution in [2.45, 2.75) is 47.1 Å². The van der Waals surface area contributed by atoms with Gasteiger partial charge >= 0.3 is 5.97 Å². The van der Waals surface area contributed by atoms with Crippen LogP contribution in [0.2, 0.25) is 0 Å². The number of carbonyl (C=O) groups excluding carboxylic acids is 2. The molecule has 0 fully saturated rings. The lowest BCUT2D eigenvalue weighted by Gasteiger charge is -2.26. The second kappa shape index (κ2) is 11.5. The lowest BCUT2D eigenvalue weighted by atomic mass is 9.96. The Balaban J connectivity index is 1.71. The molecule has 0 aliphatic carbocycles. The number of amides is 1. The Morgan fingerprint density at radius 2 is 1.61 bits per heavy atom.